The van der Waals surface area contributed by atoms with Crippen molar-refractivity contribution in [2.45, 2.75) is 58.5 Å². The molecule has 1 aliphatic carbocycles. The highest BCUT2D eigenvalue weighted by molar-refractivity contribution is 5.97. The molecule has 156 valence electrons. The third-order valence-corrected chi connectivity index (χ3v) is 5.93. The molecule has 29 heavy (non-hydrogen) atoms. The Morgan fingerprint density at radius 3 is 2.76 bits per heavy atom. The lowest BCUT2D eigenvalue weighted by Gasteiger charge is -2.21. The molecule has 2 N–H and O–H groups in total. The standard InChI is InChI=1S/C21H28N4O4/c1-3-13(4-2)12-24-19-16(14-7-9-29-10-8-14)11-22-25(19)21(28)17(20(24)27)18(26)23-15-5-6-15/h7,11,13,15,27H,3-6,8-10,12H2,1-2H3,(H,23,26). The number of carbonyl (C=O) groups is 1. The molecular formula is C21H28N4O4. The first-order chi connectivity index (χ1) is 14.0. The molecule has 0 aromatic carbocycles. The van der Waals surface area contributed by atoms with Crippen LogP contribution in [0.5, 0.6) is 5.88 Å². The van der Waals surface area contributed by atoms with E-state index in [9.17, 15) is 14.7 Å². The monoisotopic (exact) mass is 400 g/mol. The Balaban J connectivity index is 1.91. The summed E-state index contributed by atoms with van der Waals surface area (Å²) in [7, 11) is 0. The van der Waals surface area contributed by atoms with E-state index in [0.717, 1.165) is 36.8 Å². The number of carbonyl (C=O) groups excluding carboxylic acids is 1. The van der Waals surface area contributed by atoms with Crippen molar-refractivity contribution in [2.24, 2.45) is 5.92 Å². The van der Waals surface area contributed by atoms with Gasteiger partial charge >= 0.3 is 0 Å². The smallest absolute Gasteiger partial charge is 0.291 e. The van der Waals surface area contributed by atoms with E-state index in [0.29, 0.717) is 37.7 Å². The van der Waals surface area contributed by atoms with Crippen molar-refractivity contribution in [1.29, 1.82) is 0 Å². The van der Waals surface area contributed by atoms with Gasteiger partial charge < -0.3 is 15.2 Å². The molecule has 1 fully saturated rings. The first kappa shape index (κ1) is 19.7. The van der Waals surface area contributed by atoms with Crippen LogP contribution in [0.3, 0.4) is 0 Å². The van der Waals surface area contributed by atoms with Crippen LogP contribution in [0.2, 0.25) is 0 Å². The molecule has 8 heteroatoms. The number of nitrogens with zero attached hydrogens (tertiary/aromatic N) is 3. The number of amides is 1. The van der Waals surface area contributed by atoms with Crippen molar-refractivity contribution in [3.05, 3.63) is 33.8 Å². The largest absolute Gasteiger partial charge is 0.494 e. The normalized spacial score (nSPS) is 17.0. The first-order valence-electron chi connectivity index (χ1n) is 10.5. The first-order valence-corrected chi connectivity index (χ1v) is 10.5. The van der Waals surface area contributed by atoms with Crippen molar-refractivity contribution < 1.29 is 14.6 Å². The SMILES string of the molecule is CCC(CC)Cn1c(O)c(C(=O)NC2CC2)c(=O)n2ncc(C3=CCOCC3)c12. The molecular weight excluding hydrogens is 372 g/mol. The molecule has 0 unspecified atom stereocenters. The summed E-state index contributed by atoms with van der Waals surface area (Å²) in [6.45, 7) is 5.83. The summed E-state index contributed by atoms with van der Waals surface area (Å²) in [5.41, 5.74) is 1.57. The number of ether oxygens (including phenoxy) is 1. The fourth-order valence-corrected chi connectivity index (χ4v) is 3.85. The van der Waals surface area contributed by atoms with Crippen LogP contribution in [0.4, 0.5) is 0 Å². The molecule has 4 rings (SSSR count). The molecule has 0 spiro atoms. The van der Waals surface area contributed by atoms with Gasteiger partial charge in [0.2, 0.25) is 5.88 Å². The Bertz CT molecular complexity index is 1010. The Kier molecular flexibility index (Phi) is 5.45. The maximum Gasteiger partial charge on any atom is 0.291 e. The number of nitrogens with one attached hydrogen (secondary N) is 1. The van der Waals surface area contributed by atoms with E-state index in [1.165, 1.54) is 4.52 Å². The predicted octanol–water partition coefficient (Wildman–Crippen LogP) is 2.33. The van der Waals surface area contributed by atoms with Gasteiger partial charge in [-0.15, -0.1) is 0 Å². The Hall–Kier alpha value is -2.61. The Labute approximate surface area is 169 Å². The average Bonchev–Trinajstić information content (AvgIpc) is 3.43. The van der Waals surface area contributed by atoms with E-state index < -0.39 is 11.5 Å². The molecule has 8 nitrogen and oxygen atoms in total. The fourth-order valence-electron chi connectivity index (χ4n) is 3.85. The van der Waals surface area contributed by atoms with Gasteiger partial charge in [0.05, 0.1) is 19.4 Å². The summed E-state index contributed by atoms with van der Waals surface area (Å²) in [5, 5.41) is 18.2. The summed E-state index contributed by atoms with van der Waals surface area (Å²) in [6, 6.07) is 0.0880. The van der Waals surface area contributed by atoms with Crippen LogP contribution in [0.15, 0.2) is 17.1 Å². The summed E-state index contributed by atoms with van der Waals surface area (Å²) in [4.78, 5) is 25.8. The van der Waals surface area contributed by atoms with Gasteiger partial charge in [0.1, 0.15) is 5.65 Å². The van der Waals surface area contributed by atoms with Crippen LogP contribution in [-0.4, -0.2) is 44.5 Å². The zero-order valence-electron chi connectivity index (χ0n) is 17.0. The highest BCUT2D eigenvalue weighted by Gasteiger charge is 2.30. The van der Waals surface area contributed by atoms with Crippen molar-refractivity contribution >= 4 is 17.1 Å². The Morgan fingerprint density at radius 1 is 1.38 bits per heavy atom. The molecule has 2 aliphatic rings. The molecule has 1 saturated carbocycles. The van der Waals surface area contributed by atoms with Crippen molar-refractivity contribution in [3.63, 3.8) is 0 Å². The van der Waals surface area contributed by atoms with Crippen LogP contribution in [-0.2, 0) is 11.3 Å². The van der Waals surface area contributed by atoms with E-state index in [-0.39, 0.29) is 17.5 Å². The predicted molar refractivity (Wildman–Crippen MR) is 109 cm³/mol. The second-order valence-electron chi connectivity index (χ2n) is 7.89. The molecule has 0 atom stereocenters. The van der Waals surface area contributed by atoms with Gasteiger partial charge in [0, 0.05) is 18.2 Å². The third-order valence-electron chi connectivity index (χ3n) is 5.93. The highest BCUT2D eigenvalue weighted by atomic mass is 16.5. The molecule has 0 radical (unpaired) electrons. The van der Waals surface area contributed by atoms with Gasteiger partial charge in [-0.3, -0.25) is 14.2 Å². The molecule has 0 saturated heterocycles. The molecule has 1 aliphatic heterocycles. The van der Waals surface area contributed by atoms with E-state index in [4.69, 9.17) is 4.74 Å². The molecule has 0 bridgehead atoms. The van der Waals surface area contributed by atoms with E-state index in [2.05, 4.69) is 24.3 Å². The minimum absolute atomic E-state index is 0.0880. The van der Waals surface area contributed by atoms with Crippen LogP contribution >= 0.6 is 0 Å². The van der Waals surface area contributed by atoms with E-state index in [1.54, 1.807) is 10.8 Å². The highest BCUT2D eigenvalue weighted by Crippen LogP contribution is 2.30. The third kappa shape index (κ3) is 3.69. The van der Waals surface area contributed by atoms with Crippen LogP contribution in [0.1, 0.15) is 61.9 Å². The van der Waals surface area contributed by atoms with E-state index in [1.807, 2.05) is 6.08 Å². The van der Waals surface area contributed by atoms with Crippen molar-refractivity contribution in [3.8, 4) is 5.88 Å². The summed E-state index contributed by atoms with van der Waals surface area (Å²) in [6.07, 6.45) is 8.01. The number of aromatic hydroxyl groups is 1. The molecule has 2 aromatic rings. The number of fused-ring (bicyclic) bond motifs is 1. The number of hydrogen-bond donors (Lipinski definition) is 2. The van der Waals surface area contributed by atoms with Gasteiger partial charge in [-0.2, -0.15) is 9.61 Å². The quantitative estimate of drug-likeness (QED) is 0.743. The Morgan fingerprint density at radius 2 is 2.14 bits per heavy atom. The fraction of sp³-hybridized carbons (Fsp3) is 0.571. The molecule has 1 amide bonds. The second-order valence-corrected chi connectivity index (χ2v) is 7.89. The van der Waals surface area contributed by atoms with Gasteiger partial charge in [-0.1, -0.05) is 32.8 Å². The van der Waals surface area contributed by atoms with Crippen LogP contribution in [0.25, 0.3) is 11.2 Å². The van der Waals surface area contributed by atoms with Gasteiger partial charge in [-0.05, 0) is 30.8 Å². The summed E-state index contributed by atoms with van der Waals surface area (Å²) >= 11 is 0. The lowest BCUT2D eigenvalue weighted by molar-refractivity contribution is 0.0944. The van der Waals surface area contributed by atoms with Gasteiger partial charge in [0.15, 0.2) is 5.56 Å². The zero-order chi connectivity index (χ0) is 20.5. The van der Waals surface area contributed by atoms with Crippen LogP contribution in [0, 0.1) is 5.92 Å². The minimum Gasteiger partial charge on any atom is -0.494 e. The van der Waals surface area contributed by atoms with Gasteiger partial charge in [-0.25, -0.2) is 0 Å². The topological polar surface area (TPSA) is 97.9 Å². The maximum atomic E-state index is 13.1. The van der Waals surface area contributed by atoms with Gasteiger partial charge in [0.25, 0.3) is 11.5 Å². The van der Waals surface area contributed by atoms with Crippen molar-refractivity contribution in [2.75, 3.05) is 13.2 Å². The summed E-state index contributed by atoms with van der Waals surface area (Å²) in [5.74, 6) is -0.502. The lowest BCUT2D eigenvalue weighted by atomic mass is 10.0. The minimum atomic E-state index is -0.588. The van der Waals surface area contributed by atoms with Crippen molar-refractivity contribution in [1.82, 2.24) is 19.5 Å². The number of rotatable bonds is 7. The lowest BCUT2D eigenvalue weighted by Crippen LogP contribution is -2.35. The maximum absolute atomic E-state index is 13.1. The summed E-state index contributed by atoms with van der Waals surface area (Å²) < 4.78 is 8.36. The molecule has 2 aromatic heterocycles. The van der Waals surface area contributed by atoms with Crippen LogP contribution < -0.4 is 10.9 Å². The average molecular weight is 400 g/mol. The number of aromatic nitrogens is 3. The van der Waals surface area contributed by atoms with E-state index >= 15 is 0 Å². The second kappa shape index (κ2) is 8.02. The number of hydrogen-bond acceptors (Lipinski definition) is 5. The zero-order valence-corrected chi connectivity index (χ0v) is 17.0. The molecule has 3 heterocycles.